The lowest BCUT2D eigenvalue weighted by atomic mass is 10.1. The summed E-state index contributed by atoms with van der Waals surface area (Å²) in [5.41, 5.74) is 0. The van der Waals surface area contributed by atoms with Crippen LogP contribution in [0.25, 0.3) is 0 Å². The van der Waals surface area contributed by atoms with Crippen LogP contribution in [0.4, 0.5) is 0 Å². The van der Waals surface area contributed by atoms with Crippen LogP contribution in [0.15, 0.2) is 134 Å². The highest BCUT2D eigenvalue weighted by molar-refractivity contribution is 5.71. The Hall–Kier alpha value is -4.45. The van der Waals surface area contributed by atoms with Gasteiger partial charge >= 0.3 is 17.9 Å². The van der Waals surface area contributed by atoms with Gasteiger partial charge in [0.25, 0.3) is 0 Å². The number of esters is 3. The van der Waals surface area contributed by atoms with Crippen LogP contribution in [0, 0.1) is 0 Å². The molecule has 0 bridgehead atoms. The number of carbonyl (C=O) groups is 3. The van der Waals surface area contributed by atoms with Crippen LogP contribution in [0.1, 0.15) is 284 Å². The zero-order valence-electron chi connectivity index (χ0n) is 50.6. The van der Waals surface area contributed by atoms with Gasteiger partial charge in [-0.1, -0.05) is 257 Å². The molecule has 0 amide bonds. The second kappa shape index (κ2) is 65.1. The minimum absolute atomic E-state index is 0.0943. The summed E-state index contributed by atoms with van der Waals surface area (Å²) in [5, 5.41) is 0. The van der Waals surface area contributed by atoms with Crippen molar-refractivity contribution in [1.29, 1.82) is 0 Å². The molecule has 0 aromatic heterocycles. The lowest BCUT2D eigenvalue weighted by molar-refractivity contribution is -0.167. The molecule has 0 aromatic carbocycles. The molecule has 6 heteroatoms. The van der Waals surface area contributed by atoms with E-state index in [2.05, 4.69) is 154 Å². The summed E-state index contributed by atoms with van der Waals surface area (Å²) in [5.74, 6) is -0.925. The van der Waals surface area contributed by atoms with Crippen molar-refractivity contribution in [2.75, 3.05) is 13.2 Å². The first-order chi connectivity index (χ1) is 38.5. The van der Waals surface area contributed by atoms with Crippen molar-refractivity contribution < 1.29 is 28.6 Å². The molecule has 0 aliphatic heterocycles. The highest BCUT2D eigenvalue weighted by Gasteiger charge is 2.19. The zero-order chi connectivity index (χ0) is 56.4. The Morgan fingerprint density at radius 2 is 0.500 bits per heavy atom. The Labute approximate surface area is 481 Å². The molecule has 0 radical (unpaired) electrons. The summed E-state index contributed by atoms with van der Waals surface area (Å²) >= 11 is 0. The Kier molecular flexibility index (Phi) is 61.4. The largest absolute Gasteiger partial charge is 0.462 e. The predicted molar refractivity (Wildman–Crippen MR) is 339 cm³/mol. The monoisotopic (exact) mass is 1080 g/mol. The number of unbranched alkanes of at least 4 members (excludes halogenated alkanes) is 24. The molecule has 1 atom stereocenters. The van der Waals surface area contributed by atoms with Gasteiger partial charge in [-0.25, -0.2) is 0 Å². The molecule has 0 N–H and O–H groups in total. The molecular weight excluding hydrogens is 961 g/mol. The number of hydrogen-bond acceptors (Lipinski definition) is 6. The molecule has 0 aromatic rings. The van der Waals surface area contributed by atoms with Crippen molar-refractivity contribution in [3.05, 3.63) is 134 Å². The standard InChI is InChI=1S/C72H118O6/c1-4-7-10-13-16-19-22-25-27-29-31-32-33-34-35-36-37-38-39-40-42-43-45-47-50-53-56-59-62-65-71(74)77-68-69(67-76-70(73)64-61-58-55-52-49-24-21-18-15-12-9-6-3)78-72(75)66-63-60-57-54-51-48-46-44-41-30-28-26-23-20-17-14-11-8-5-2/h7,10,16-21,25-28,31-32,34-35,37-38,40-42,44,69H,4-6,8-9,11-15,22-24,29-30,33,36,39,43,45-68H2,1-3H3/b10-7-,19-16-,20-17-,21-18-,27-25-,28-26-,32-31-,35-34-,38-37-,42-40-,44-41-. The van der Waals surface area contributed by atoms with Gasteiger partial charge in [0.2, 0.25) is 0 Å². The van der Waals surface area contributed by atoms with E-state index in [9.17, 15) is 14.4 Å². The smallest absolute Gasteiger partial charge is 0.306 e. The summed E-state index contributed by atoms with van der Waals surface area (Å²) in [6, 6.07) is 0. The second-order valence-electron chi connectivity index (χ2n) is 20.9. The van der Waals surface area contributed by atoms with Gasteiger partial charge < -0.3 is 14.2 Å². The van der Waals surface area contributed by atoms with Gasteiger partial charge in [-0.15, -0.1) is 0 Å². The third-order valence-corrected chi connectivity index (χ3v) is 13.4. The Morgan fingerprint density at radius 3 is 0.795 bits per heavy atom. The van der Waals surface area contributed by atoms with Gasteiger partial charge in [0.05, 0.1) is 0 Å². The summed E-state index contributed by atoms with van der Waals surface area (Å²) < 4.78 is 16.9. The first-order valence-electron chi connectivity index (χ1n) is 32.2. The highest BCUT2D eigenvalue weighted by Crippen LogP contribution is 2.14. The first-order valence-corrected chi connectivity index (χ1v) is 32.2. The molecule has 0 saturated carbocycles. The lowest BCUT2D eigenvalue weighted by Crippen LogP contribution is -2.30. The van der Waals surface area contributed by atoms with Crippen molar-refractivity contribution >= 4 is 17.9 Å². The molecule has 1 unspecified atom stereocenters. The lowest BCUT2D eigenvalue weighted by Gasteiger charge is -2.18. The quantitative estimate of drug-likeness (QED) is 0.0261. The molecule has 6 nitrogen and oxygen atoms in total. The van der Waals surface area contributed by atoms with Crippen LogP contribution >= 0.6 is 0 Å². The van der Waals surface area contributed by atoms with Crippen LogP contribution in [-0.2, 0) is 28.6 Å². The molecule has 0 spiro atoms. The average molecular weight is 1080 g/mol. The Bertz CT molecular complexity index is 1670. The maximum absolute atomic E-state index is 12.9. The molecule has 0 fully saturated rings. The Morgan fingerprint density at radius 1 is 0.269 bits per heavy atom. The zero-order valence-corrected chi connectivity index (χ0v) is 50.6. The van der Waals surface area contributed by atoms with Crippen molar-refractivity contribution in [1.82, 2.24) is 0 Å². The fraction of sp³-hybridized carbons (Fsp3) is 0.653. The van der Waals surface area contributed by atoms with Crippen LogP contribution in [0.2, 0.25) is 0 Å². The maximum atomic E-state index is 12.9. The van der Waals surface area contributed by atoms with E-state index < -0.39 is 6.10 Å². The van der Waals surface area contributed by atoms with Gasteiger partial charge in [-0.05, 0) is 141 Å². The van der Waals surface area contributed by atoms with Crippen LogP contribution in [0.3, 0.4) is 0 Å². The van der Waals surface area contributed by atoms with Gasteiger partial charge in [0, 0.05) is 19.3 Å². The molecule has 78 heavy (non-hydrogen) atoms. The Balaban J connectivity index is 4.36. The molecule has 0 aliphatic rings. The van der Waals surface area contributed by atoms with Gasteiger partial charge in [-0.3, -0.25) is 14.4 Å². The second-order valence-corrected chi connectivity index (χ2v) is 20.9. The normalized spacial score (nSPS) is 13.0. The molecule has 0 saturated heterocycles. The minimum atomic E-state index is -0.798. The average Bonchev–Trinajstić information content (AvgIpc) is 3.44. The molecule has 0 rings (SSSR count). The van der Waals surface area contributed by atoms with Crippen LogP contribution in [0.5, 0.6) is 0 Å². The topological polar surface area (TPSA) is 78.9 Å². The minimum Gasteiger partial charge on any atom is -0.462 e. The highest BCUT2D eigenvalue weighted by atomic mass is 16.6. The SMILES string of the molecule is CC/C=C\C/C=C\C/C=C\C/C=C\C/C=C\C/C=C\C/C=C\CCCCCCCCCC(=O)OCC(COC(=O)CCCCCCC/C=C\CCCCC)OC(=O)CCCCCCCC/C=C\C/C=C\C/C=C\CCCCC. The summed E-state index contributed by atoms with van der Waals surface area (Å²) in [6.45, 7) is 6.45. The summed E-state index contributed by atoms with van der Waals surface area (Å²) in [6.07, 6.45) is 91.6. The number of allylic oxidation sites excluding steroid dienone is 22. The predicted octanol–water partition coefficient (Wildman–Crippen LogP) is 22.2. The van der Waals surface area contributed by atoms with E-state index in [1.165, 1.54) is 96.3 Å². The van der Waals surface area contributed by atoms with E-state index in [0.717, 1.165) is 148 Å². The van der Waals surface area contributed by atoms with E-state index in [0.29, 0.717) is 19.3 Å². The fourth-order valence-electron chi connectivity index (χ4n) is 8.54. The third-order valence-electron chi connectivity index (χ3n) is 13.4. The first kappa shape index (κ1) is 73.5. The summed E-state index contributed by atoms with van der Waals surface area (Å²) in [4.78, 5) is 38.3. The van der Waals surface area contributed by atoms with E-state index in [1.54, 1.807) is 0 Å². The number of hydrogen-bond donors (Lipinski definition) is 0. The van der Waals surface area contributed by atoms with E-state index in [1.807, 2.05) is 0 Å². The van der Waals surface area contributed by atoms with E-state index >= 15 is 0 Å². The van der Waals surface area contributed by atoms with Crippen molar-refractivity contribution in [2.24, 2.45) is 0 Å². The molecular formula is C72H118O6. The summed E-state index contributed by atoms with van der Waals surface area (Å²) in [7, 11) is 0. The molecule has 0 aliphatic carbocycles. The van der Waals surface area contributed by atoms with Crippen molar-refractivity contribution in [3.8, 4) is 0 Å². The molecule has 442 valence electrons. The number of carbonyl (C=O) groups excluding carboxylic acids is 3. The van der Waals surface area contributed by atoms with Crippen molar-refractivity contribution in [2.45, 2.75) is 290 Å². The van der Waals surface area contributed by atoms with Crippen molar-refractivity contribution in [3.63, 3.8) is 0 Å². The third kappa shape index (κ3) is 62.4. The number of rotatable bonds is 57. The molecule has 0 heterocycles. The van der Waals surface area contributed by atoms with Crippen LogP contribution in [-0.4, -0.2) is 37.2 Å². The van der Waals surface area contributed by atoms with Crippen LogP contribution < -0.4 is 0 Å². The van der Waals surface area contributed by atoms with E-state index in [-0.39, 0.29) is 31.1 Å². The number of ether oxygens (including phenoxy) is 3. The van der Waals surface area contributed by atoms with Gasteiger partial charge in [0.1, 0.15) is 13.2 Å². The van der Waals surface area contributed by atoms with Gasteiger partial charge in [0.15, 0.2) is 6.10 Å². The van der Waals surface area contributed by atoms with Gasteiger partial charge in [-0.2, -0.15) is 0 Å². The maximum Gasteiger partial charge on any atom is 0.306 e. The fourth-order valence-corrected chi connectivity index (χ4v) is 8.54. The van der Waals surface area contributed by atoms with E-state index in [4.69, 9.17) is 14.2 Å².